The summed E-state index contributed by atoms with van der Waals surface area (Å²) >= 11 is 1.65. The number of hydrogen-bond donors (Lipinski definition) is 0. The van der Waals surface area contributed by atoms with Gasteiger partial charge < -0.3 is 14.0 Å². The van der Waals surface area contributed by atoms with Crippen LogP contribution in [0.2, 0.25) is 0 Å². The van der Waals surface area contributed by atoms with Gasteiger partial charge in [0.15, 0.2) is 0 Å². The van der Waals surface area contributed by atoms with Gasteiger partial charge in [0.05, 0.1) is 37.3 Å². The van der Waals surface area contributed by atoms with Crippen LogP contribution in [-0.2, 0) is 24.2 Å². The lowest BCUT2D eigenvalue weighted by Crippen LogP contribution is -2.33. The van der Waals surface area contributed by atoms with E-state index in [4.69, 9.17) is 4.98 Å². The van der Waals surface area contributed by atoms with Crippen LogP contribution in [0.1, 0.15) is 12.0 Å². The molecule has 0 saturated heterocycles. The molecule has 3 aromatic carbocycles. The summed E-state index contributed by atoms with van der Waals surface area (Å²) in [6.45, 7) is 0.438. The van der Waals surface area contributed by atoms with E-state index in [1.807, 2.05) is 55.6 Å². The Hall–Kier alpha value is -3.66. The van der Waals surface area contributed by atoms with Crippen LogP contribution in [0.5, 0.6) is 0 Å². The molecule has 1 aliphatic rings. The molecule has 9 heteroatoms. The molecule has 7 nitrogen and oxygen atoms in total. The van der Waals surface area contributed by atoms with E-state index in [1.165, 1.54) is 0 Å². The number of fused-ring (bicyclic) bond motifs is 3. The van der Waals surface area contributed by atoms with Gasteiger partial charge in [0.25, 0.3) is 0 Å². The van der Waals surface area contributed by atoms with Gasteiger partial charge in [-0.2, -0.15) is 4.57 Å². The second kappa shape index (κ2) is 9.58. The molecule has 1 aliphatic heterocycles. The quantitative estimate of drug-likeness (QED) is 0.220. The summed E-state index contributed by atoms with van der Waals surface area (Å²) < 4.78 is 38.1. The zero-order valence-electron chi connectivity index (χ0n) is 21.0. The normalized spacial score (nSPS) is 14.6. The highest BCUT2D eigenvalue weighted by molar-refractivity contribution is 8.03. The molecular weight excluding hydrogens is 516 g/mol. The van der Waals surface area contributed by atoms with Gasteiger partial charge in [0, 0.05) is 36.4 Å². The molecule has 0 amide bonds. The van der Waals surface area contributed by atoms with E-state index in [0.717, 1.165) is 54.6 Å². The number of pyridine rings is 1. The number of rotatable bonds is 6. The highest BCUT2D eigenvalue weighted by atomic mass is 32.2. The predicted octanol–water partition coefficient (Wildman–Crippen LogP) is 5.06. The molecule has 0 spiro atoms. The second-order valence-corrected chi connectivity index (χ2v) is 11.9. The first-order valence-electron chi connectivity index (χ1n) is 12.3. The largest absolute Gasteiger partial charge is 0.748 e. The molecule has 0 fully saturated rings. The third-order valence-corrected chi connectivity index (χ3v) is 8.84. The smallest absolute Gasteiger partial charge is 0.249 e. The van der Waals surface area contributed by atoms with E-state index in [9.17, 15) is 13.0 Å². The van der Waals surface area contributed by atoms with Crippen LogP contribution < -0.4 is 9.47 Å². The van der Waals surface area contributed by atoms with E-state index in [1.54, 1.807) is 11.8 Å². The molecule has 38 heavy (non-hydrogen) atoms. The Kier molecular flexibility index (Phi) is 6.22. The summed E-state index contributed by atoms with van der Waals surface area (Å²) in [5, 5.41) is 2.09. The van der Waals surface area contributed by atoms with E-state index >= 15 is 0 Å². The Bertz CT molecular complexity index is 1840. The zero-order chi connectivity index (χ0) is 26.4. The molecule has 0 radical (unpaired) electrons. The van der Waals surface area contributed by atoms with Gasteiger partial charge in [-0.1, -0.05) is 48.2 Å². The van der Waals surface area contributed by atoms with Crippen molar-refractivity contribution >= 4 is 55.6 Å². The molecule has 3 heterocycles. The van der Waals surface area contributed by atoms with Crippen molar-refractivity contribution in [3.8, 4) is 11.5 Å². The van der Waals surface area contributed by atoms with Gasteiger partial charge in [-0.25, -0.2) is 13.4 Å². The molecule has 0 atom stereocenters. The third kappa shape index (κ3) is 4.47. The van der Waals surface area contributed by atoms with Crippen molar-refractivity contribution in [1.82, 2.24) is 9.55 Å². The van der Waals surface area contributed by atoms with Crippen LogP contribution in [0.4, 0.5) is 5.69 Å². The zero-order valence-corrected chi connectivity index (χ0v) is 22.7. The van der Waals surface area contributed by atoms with Crippen molar-refractivity contribution in [2.45, 2.75) is 11.3 Å². The van der Waals surface area contributed by atoms with Crippen LogP contribution >= 0.6 is 11.8 Å². The number of aryl methyl sites for hydroxylation is 2. The average Bonchev–Trinajstić information content (AvgIpc) is 3.42. The number of benzene rings is 3. The molecule has 0 bridgehead atoms. The molecule has 0 saturated carbocycles. The molecule has 192 valence electrons. The van der Waals surface area contributed by atoms with Gasteiger partial charge >= 0.3 is 0 Å². The topological polar surface area (TPSA) is 82.1 Å². The van der Waals surface area contributed by atoms with Crippen molar-refractivity contribution in [2.24, 2.45) is 14.1 Å². The van der Waals surface area contributed by atoms with Crippen LogP contribution in [0.15, 0.2) is 88.8 Å². The number of imidazole rings is 1. The summed E-state index contributed by atoms with van der Waals surface area (Å²) in [6, 6.07) is 26.6. The van der Waals surface area contributed by atoms with Crippen molar-refractivity contribution in [3.05, 3.63) is 89.5 Å². The highest BCUT2D eigenvalue weighted by Crippen LogP contribution is 2.47. The van der Waals surface area contributed by atoms with E-state index in [-0.39, 0.29) is 12.2 Å². The van der Waals surface area contributed by atoms with Crippen LogP contribution in [0.3, 0.4) is 0 Å². The number of anilines is 1. The van der Waals surface area contributed by atoms with Gasteiger partial charge in [-0.15, -0.1) is 0 Å². The molecule has 2 aromatic heterocycles. The number of thioether (sulfide) groups is 1. The molecule has 0 N–H and O–H groups in total. The van der Waals surface area contributed by atoms with E-state index < -0.39 is 10.1 Å². The van der Waals surface area contributed by atoms with Crippen LogP contribution in [-0.4, -0.2) is 34.8 Å². The summed E-state index contributed by atoms with van der Waals surface area (Å²) in [7, 11) is -0.175. The minimum atomic E-state index is -4.27. The van der Waals surface area contributed by atoms with Crippen LogP contribution in [0, 0.1) is 0 Å². The fourth-order valence-electron chi connectivity index (χ4n) is 5.09. The minimum Gasteiger partial charge on any atom is -0.748 e. The molecule has 6 rings (SSSR count). The number of aromatic nitrogens is 3. The summed E-state index contributed by atoms with van der Waals surface area (Å²) in [5.41, 5.74) is 6.13. The van der Waals surface area contributed by atoms with E-state index in [0.29, 0.717) is 6.54 Å². The maximum Gasteiger partial charge on any atom is 0.249 e. The third-order valence-electron chi connectivity index (χ3n) is 6.94. The summed E-state index contributed by atoms with van der Waals surface area (Å²) in [6.07, 6.45) is 2.42. The first-order valence-corrected chi connectivity index (χ1v) is 14.7. The van der Waals surface area contributed by atoms with Gasteiger partial charge in [-0.3, -0.25) is 0 Å². The molecule has 0 aliphatic carbocycles. The van der Waals surface area contributed by atoms with Gasteiger partial charge in [0.1, 0.15) is 7.05 Å². The number of para-hydroxylation sites is 4. The first-order chi connectivity index (χ1) is 18.3. The number of hydrogen-bond acceptors (Lipinski definition) is 6. The van der Waals surface area contributed by atoms with Crippen molar-refractivity contribution in [3.63, 3.8) is 0 Å². The maximum atomic E-state index is 11.3. The van der Waals surface area contributed by atoms with Crippen molar-refractivity contribution in [2.75, 3.05) is 17.2 Å². The molecular formula is C29H26N4O3S2. The Labute approximate surface area is 225 Å². The van der Waals surface area contributed by atoms with Gasteiger partial charge in [-0.05, 0) is 48.4 Å². The van der Waals surface area contributed by atoms with E-state index in [2.05, 4.69) is 57.5 Å². The Morgan fingerprint density at radius 2 is 1.76 bits per heavy atom. The Balaban J connectivity index is 1.50. The standard InChI is InChI=1S/C29H26N4O3S2/c1-31-23-12-5-3-10-21(23)20(18-26(31)29-30-22-11-4-6-13-24(22)32(29)2)19-28-33(16-9-17-38(34,35)36)25-14-7-8-15-27(25)37-28/h3-8,10-15,18-19H,9,16-17H2,1-2H3. The highest BCUT2D eigenvalue weighted by Gasteiger charge is 2.27. The Morgan fingerprint density at radius 3 is 2.58 bits per heavy atom. The SMILES string of the molecule is Cn1c(-c2cc(C=C3Sc4ccccc4N3CCCS(=O)(=O)[O-])c3ccccc3[n+]2C)nc2ccccc21. The molecule has 0 unspecified atom stereocenters. The fraction of sp³-hybridized carbons (Fsp3) is 0.172. The fourth-order valence-corrected chi connectivity index (χ4v) is 6.72. The van der Waals surface area contributed by atoms with Crippen LogP contribution in [0.25, 0.3) is 39.5 Å². The van der Waals surface area contributed by atoms with Gasteiger partial charge in [0.2, 0.25) is 17.0 Å². The van der Waals surface area contributed by atoms with Crippen molar-refractivity contribution < 1.29 is 17.5 Å². The lowest BCUT2D eigenvalue weighted by Gasteiger charge is -2.21. The minimum absolute atomic E-state index is 0.258. The molecule has 5 aromatic rings. The summed E-state index contributed by atoms with van der Waals surface area (Å²) in [4.78, 5) is 8.17. The Morgan fingerprint density at radius 1 is 1.03 bits per heavy atom. The summed E-state index contributed by atoms with van der Waals surface area (Å²) in [5.74, 6) is 0.490. The van der Waals surface area contributed by atoms with Crippen molar-refractivity contribution in [1.29, 1.82) is 0 Å². The second-order valence-electron chi connectivity index (χ2n) is 9.36. The predicted molar refractivity (Wildman–Crippen MR) is 152 cm³/mol. The average molecular weight is 543 g/mol. The lowest BCUT2D eigenvalue weighted by atomic mass is 10.1. The first kappa shape index (κ1) is 24.7. The lowest BCUT2D eigenvalue weighted by molar-refractivity contribution is -0.633. The monoisotopic (exact) mass is 542 g/mol. The maximum absolute atomic E-state index is 11.3. The number of nitrogens with zero attached hydrogens (tertiary/aromatic N) is 4.